The number of sulfonamides is 1. The minimum Gasteiger partial charge on any atom is -0.497 e. The van der Waals surface area contributed by atoms with Crippen molar-refractivity contribution in [3.8, 4) is 5.75 Å². The monoisotopic (exact) mass is 427 g/mol. The van der Waals surface area contributed by atoms with E-state index in [1.807, 2.05) is 36.1 Å². The normalized spacial score (nSPS) is 22.0. The Balaban J connectivity index is 1.54. The highest BCUT2D eigenvalue weighted by atomic mass is 32.2. The van der Waals surface area contributed by atoms with E-state index >= 15 is 0 Å². The Morgan fingerprint density at radius 2 is 1.79 bits per heavy atom. The Labute approximate surface area is 172 Å². The summed E-state index contributed by atoms with van der Waals surface area (Å²) in [6, 6.07) is 7.87. The van der Waals surface area contributed by atoms with Crippen molar-refractivity contribution in [2.75, 3.05) is 57.9 Å². The highest BCUT2D eigenvalue weighted by Crippen LogP contribution is 2.38. The van der Waals surface area contributed by atoms with E-state index in [2.05, 4.69) is 4.90 Å². The van der Waals surface area contributed by atoms with Crippen LogP contribution in [0.4, 0.5) is 0 Å². The van der Waals surface area contributed by atoms with Crippen molar-refractivity contribution in [2.24, 2.45) is 0 Å². The quantitative estimate of drug-likeness (QED) is 0.628. The van der Waals surface area contributed by atoms with Crippen LogP contribution in [0.25, 0.3) is 0 Å². The van der Waals surface area contributed by atoms with Gasteiger partial charge in [0.2, 0.25) is 15.9 Å². The molecule has 7 nitrogen and oxygen atoms in total. The smallest absolute Gasteiger partial charge is 0.233 e. The second kappa shape index (κ2) is 9.47. The standard InChI is InChI=1S/C19H29N3O4S2/c1-3-14-28(24,25)21-11-8-20(9-12-21)10-13-22-18(23)15-27-19(22)16-4-6-17(26-2)7-5-16/h4-7,19H,3,8-15H2,1-2H3. The molecule has 0 saturated carbocycles. The number of methoxy groups -OCH3 is 1. The number of rotatable bonds is 8. The van der Waals surface area contributed by atoms with Crippen molar-refractivity contribution in [2.45, 2.75) is 18.7 Å². The number of benzene rings is 1. The molecular weight excluding hydrogens is 398 g/mol. The highest BCUT2D eigenvalue weighted by Gasteiger charge is 2.33. The number of carbonyl (C=O) groups excluding carboxylic acids is 1. The summed E-state index contributed by atoms with van der Waals surface area (Å²) in [7, 11) is -1.48. The topological polar surface area (TPSA) is 70.2 Å². The molecule has 2 heterocycles. The molecular formula is C19H29N3O4S2. The maximum atomic E-state index is 12.4. The van der Waals surface area contributed by atoms with E-state index in [9.17, 15) is 13.2 Å². The number of hydrogen-bond acceptors (Lipinski definition) is 6. The molecule has 0 bridgehead atoms. The molecule has 0 N–H and O–H groups in total. The van der Waals surface area contributed by atoms with Gasteiger partial charge in [-0.3, -0.25) is 9.69 Å². The highest BCUT2D eigenvalue weighted by molar-refractivity contribution is 8.00. The van der Waals surface area contributed by atoms with Crippen molar-refractivity contribution in [3.05, 3.63) is 29.8 Å². The van der Waals surface area contributed by atoms with Crippen LogP contribution in [0, 0.1) is 0 Å². The molecule has 1 amide bonds. The molecule has 2 fully saturated rings. The zero-order valence-corrected chi connectivity index (χ0v) is 18.2. The lowest BCUT2D eigenvalue weighted by Gasteiger charge is -2.35. The Morgan fingerprint density at radius 1 is 1.11 bits per heavy atom. The molecule has 0 aromatic heterocycles. The van der Waals surface area contributed by atoms with E-state index in [1.54, 1.807) is 23.2 Å². The molecule has 0 radical (unpaired) electrons. The molecule has 1 atom stereocenters. The molecule has 1 unspecified atom stereocenters. The third kappa shape index (κ3) is 5.00. The summed E-state index contributed by atoms with van der Waals surface area (Å²) in [5.41, 5.74) is 1.10. The zero-order chi connectivity index (χ0) is 20.1. The third-order valence-corrected chi connectivity index (χ3v) is 8.55. The summed E-state index contributed by atoms with van der Waals surface area (Å²) < 4.78 is 31.2. The number of piperazine rings is 1. The maximum Gasteiger partial charge on any atom is 0.233 e. The van der Waals surface area contributed by atoms with Crippen molar-refractivity contribution >= 4 is 27.7 Å². The van der Waals surface area contributed by atoms with E-state index in [4.69, 9.17) is 4.74 Å². The van der Waals surface area contributed by atoms with Crippen LogP contribution in [0.5, 0.6) is 5.75 Å². The second-order valence-corrected chi connectivity index (χ2v) is 10.2. The van der Waals surface area contributed by atoms with Crippen LogP contribution in [-0.4, -0.2) is 86.3 Å². The van der Waals surface area contributed by atoms with Gasteiger partial charge >= 0.3 is 0 Å². The molecule has 1 aromatic rings. The number of thioether (sulfide) groups is 1. The Hall–Kier alpha value is -1.29. The van der Waals surface area contributed by atoms with Crippen molar-refractivity contribution in [1.29, 1.82) is 0 Å². The Morgan fingerprint density at radius 3 is 2.39 bits per heavy atom. The average molecular weight is 428 g/mol. The predicted octanol–water partition coefficient (Wildman–Crippen LogP) is 1.63. The fourth-order valence-electron chi connectivity index (χ4n) is 3.61. The first-order valence-electron chi connectivity index (χ1n) is 9.70. The lowest BCUT2D eigenvalue weighted by Crippen LogP contribution is -2.50. The van der Waals surface area contributed by atoms with E-state index in [-0.39, 0.29) is 17.0 Å². The zero-order valence-electron chi connectivity index (χ0n) is 16.5. The number of ether oxygens (including phenoxy) is 1. The molecule has 0 spiro atoms. The number of amides is 1. The summed E-state index contributed by atoms with van der Waals surface area (Å²) >= 11 is 1.65. The number of nitrogens with zero attached hydrogens (tertiary/aromatic N) is 3. The molecule has 9 heteroatoms. The molecule has 3 rings (SSSR count). The van der Waals surface area contributed by atoms with Gasteiger partial charge in [0.15, 0.2) is 0 Å². The summed E-state index contributed by atoms with van der Waals surface area (Å²) in [6.07, 6.45) is 0.643. The molecule has 2 saturated heterocycles. The van der Waals surface area contributed by atoms with Gasteiger partial charge in [-0.2, -0.15) is 4.31 Å². The molecule has 1 aromatic carbocycles. The average Bonchev–Trinajstić information content (AvgIpc) is 3.07. The maximum absolute atomic E-state index is 12.4. The second-order valence-electron chi connectivity index (χ2n) is 7.08. The van der Waals surface area contributed by atoms with Crippen molar-refractivity contribution in [3.63, 3.8) is 0 Å². The van der Waals surface area contributed by atoms with Gasteiger partial charge in [0.1, 0.15) is 11.1 Å². The Bertz CT molecular complexity index is 762. The van der Waals surface area contributed by atoms with Gasteiger partial charge < -0.3 is 9.64 Å². The Kier molecular flexibility index (Phi) is 7.25. The van der Waals surface area contributed by atoms with Crippen molar-refractivity contribution in [1.82, 2.24) is 14.1 Å². The molecule has 2 aliphatic rings. The number of carbonyl (C=O) groups is 1. The van der Waals surface area contributed by atoms with E-state index in [1.165, 1.54) is 0 Å². The third-order valence-electron chi connectivity index (χ3n) is 5.21. The van der Waals surface area contributed by atoms with E-state index in [0.717, 1.165) is 17.9 Å². The molecule has 156 valence electrons. The van der Waals surface area contributed by atoms with Crippen molar-refractivity contribution < 1.29 is 17.9 Å². The number of hydrogen-bond donors (Lipinski definition) is 0. The summed E-state index contributed by atoms with van der Waals surface area (Å²) in [5, 5.41) is 0.0321. The summed E-state index contributed by atoms with van der Waals surface area (Å²) in [5.74, 6) is 1.69. The fourth-order valence-corrected chi connectivity index (χ4v) is 6.32. The van der Waals surface area contributed by atoms with Crippen LogP contribution in [0.15, 0.2) is 24.3 Å². The summed E-state index contributed by atoms with van der Waals surface area (Å²) in [4.78, 5) is 16.6. The first-order valence-corrected chi connectivity index (χ1v) is 12.4. The van der Waals surface area contributed by atoms with Crippen LogP contribution in [0.1, 0.15) is 24.3 Å². The molecule has 0 aliphatic carbocycles. The SMILES string of the molecule is CCCS(=O)(=O)N1CCN(CCN2C(=O)CSC2c2ccc(OC)cc2)CC1. The lowest BCUT2D eigenvalue weighted by molar-refractivity contribution is -0.128. The van der Waals surface area contributed by atoms with Gasteiger partial charge in [-0.1, -0.05) is 19.1 Å². The van der Waals surface area contributed by atoms with Crippen LogP contribution in [0.2, 0.25) is 0 Å². The van der Waals surface area contributed by atoms with Gasteiger partial charge in [-0.05, 0) is 24.1 Å². The van der Waals surface area contributed by atoms with Gasteiger partial charge in [-0.25, -0.2) is 8.42 Å². The fraction of sp³-hybridized carbons (Fsp3) is 0.632. The van der Waals surface area contributed by atoms with E-state index < -0.39 is 10.0 Å². The van der Waals surface area contributed by atoms with Gasteiger partial charge in [0.25, 0.3) is 0 Å². The molecule has 2 aliphatic heterocycles. The van der Waals surface area contributed by atoms with Gasteiger partial charge in [0, 0.05) is 39.3 Å². The summed E-state index contributed by atoms with van der Waals surface area (Å²) in [6.45, 7) is 5.81. The van der Waals surface area contributed by atoms with Crippen LogP contribution in [-0.2, 0) is 14.8 Å². The first-order chi connectivity index (χ1) is 13.4. The van der Waals surface area contributed by atoms with Crippen LogP contribution >= 0.6 is 11.8 Å². The van der Waals surface area contributed by atoms with E-state index in [0.29, 0.717) is 44.9 Å². The lowest BCUT2D eigenvalue weighted by atomic mass is 10.2. The predicted molar refractivity (Wildman–Crippen MR) is 112 cm³/mol. The van der Waals surface area contributed by atoms with Gasteiger partial charge in [-0.15, -0.1) is 11.8 Å². The van der Waals surface area contributed by atoms with Crippen LogP contribution < -0.4 is 4.74 Å². The first kappa shape index (κ1) is 21.4. The van der Waals surface area contributed by atoms with Gasteiger partial charge in [0.05, 0.1) is 18.6 Å². The molecule has 28 heavy (non-hydrogen) atoms. The minimum atomic E-state index is -3.12. The largest absolute Gasteiger partial charge is 0.497 e. The minimum absolute atomic E-state index is 0.0321. The van der Waals surface area contributed by atoms with Crippen LogP contribution in [0.3, 0.4) is 0 Å².